The zero-order chi connectivity index (χ0) is 13.0. The van der Waals surface area contributed by atoms with E-state index in [1.807, 2.05) is 24.3 Å². The van der Waals surface area contributed by atoms with Crippen LogP contribution in [0.4, 0.5) is 0 Å². The predicted molar refractivity (Wildman–Crippen MR) is 71.3 cm³/mol. The van der Waals surface area contributed by atoms with Gasteiger partial charge < -0.3 is 9.73 Å². The second kappa shape index (κ2) is 5.78. The van der Waals surface area contributed by atoms with E-state index in [1.54, 1.807) is 0 Å². The van der Waals surface area contributed by atoms with Gasteiger partial charge in [0.25, 0.3) is 0 Å². The maximum Gasteiger partial charge on any atom is 0.247 e. The van der Waals surface area contributed by atoms with Gasteiger partial charge in [-0.25, -0.2) is 0 Å². The zero-order valence-corrected chi connectivity index (χ0v) is 11.1. The molecule has 0 saturated carbocycles. The summed E-state index contributed by atoms with van der Waals surface area (Å²) in [5.41, 5.74) is 2.19. The van der Waals surface area contributed by atoms with Crippen molar-refractivity contribution in [3.8, 4) is 11.5 Å². The lowest BCUT2D eigenvalue weighted by Gasteiger charge is -2.04. The first-order valence-electron chi connectivity index (χ1n) is 6.28. The summed E-state index contributed by atoms with van der Waals surface area (Å²) in [4.78, 5) is 0. The summed E-state index contributed by atoms with van der Waals surface area (Å²) in [5.74, 6) is 1.27. The summed E-state index contributed by atoms with van der Waals surface area (Å²) < 4.78 is 5.63. The van der Waals surface area contributed by atoms with Crippen molar-refractivity contribution in [1.29, 1.82) is 0 Å². The summed E-state index contributed by atoms with van der Waals surface area (Å²) in [6.07, 6.45) is 0.761. The fraction of sp³-hybridized carbons (Fsp3) is 0.429. The van der Waals surface area contributed by atoms with Crippen molar-refractivity contribution in [2.75, 3.05) is 6.54 Å². The molecular weight excluding hydrogens is 226 g/mol. The van der Waals surface area contributed by atoms with Crippen molar-refractivity contribution in [2.45, 2.75) is 33.2 Å². The Morgan fingerprint density at radius 3 is 2.56 bits per heavy atom. The Kier molecular flexibility index (Phi) is 4.10. The molecule has 0 radical (unpaired) electrons. The van der Waals surface area contributed by atoms with Gasteiger partial charge in [0.2, 0.25) is 11.8 Å². The largest absolute Gasteiger partial charge is 0.421 e. The highest BCUT2D eigenvalue weighted by atomic mass is 16.4. The minimum Gasteiger partial charge on any atom is -0.421 e. The minimum absolute atomic E-state index is 0.476. The van der Waals surface area contributed by atoms with Crippen LogP contribution >= 0.6 is 0 Å². The summed E-state index contributed by atoms with van der Waals surface area (Å²) in [7, 11) is 0. The van der Waals surface area contributed by atoms with Crippen LogP contribution in [0.25, 0.3) is 11.5 Å². The lowest BCUT2D eigenvalue weighted by molar-refractivity contribution is 0.484. The summed E-state index contributed by atoms with van der Waals surface area (Å²) in [6.45, 7) is 7.14. The molecule has 0 bridgehead atoms. The molecule has 4 heteroatoms. The van der Waals surface area contributed by atoms with E-state index < -0.39 is 0 Å². The molecule has 0 unspecified atom stereocenters. The fourth-order valence-electron chi connectivity index (χ4n) is 1.64. The molecule has 0 spiro atoms. The van der Waals surface area contributed by atoms with E-state index >= 15 is 0 Å². The van der Waals surface area contributed by atoms with Gasteiger partial charge in [-0.1, -0.05) is 31.5 Å². The Morgan fingerprint density at radius 2 is 1.89 bits per heavy atom. The van der Waals surface area contributed by atoms with Crippen molar-refractivity contribution < 1.29 is 4.42 Å². The molecule has 1 N–H and O–H groups in total. The third-order valence-corrected chi connectivity index (χ3v) is 2.66. The number of rotatable bonds is 5. The minimum atomic E-state index is 0.476. The Balaban J connectivity index is 1.99. The smallest absolute Gasteiger partial charge is 0.247 e. The van der Waals surface area contributed by atoms with Crippen LogP contribution in [0.1, 0.15) is 25.3 Å². The summed E-state index contributed by atoms with van der Waals surface area (Å²) >= 11 is 0. The van der Waals surface area contributed by atoms with Crippen LogP contribution in [0.2, 0.25) is 0 Å². The molecule has 4 nitrogen and oxygen atoms in total. The van der Waals surface area contributed by atoms with Crippen LogP contribution in [0.15, 0.2) is 28.7 Å². The number of hydrogen-bond acceptors (Lipinski definition) is 4. The van der Waals surface area contributed by atoms with Gasteiger partial charge in [-0.15, -0.1) is 10.2 Å². The van der Waals surface area contributed by atoms with Gasteiger partial charge in [0.15, 0.2) is 0 Å². The monoisotopic (exact) mass is 245 g/mol. The van der Waals surface area contributed by atoms with E-state index in [1.165, 1.54) is 5.56 Å². The highest BCUT2D eigenvalue weighted by Crippen LogP contribution is 2.18. The lowest BCUT2D eigenvalue weighted by Crippen LogP contribution is -2.25. The maximum absolute atomic E-state index is 5.63. The first-order valence-corrected chi connectivity index (χ1v) is 6.28. The molecule has 1 aromatic heterocycles. The molecule has 1 aromatic carbocycles. The average Bonchev–Trinajstić information content (AvgIpc) is 2.78. The van der Waals surface area contributed by atoms with E-state index in [4.69, 9.17) is 4.42 Å². The maximum atomic E-state index is 5.63. The van der Waals surface area contributed by atoms with Crippen LogP contribution in [0.3, 0.4) is 0 Å². The predicted octanol–water partition coefficient (Wildman–Crippen LogP) is 2.59. The van der Waals surface area contributed by atoms with Crippen molar-refractivity contribution >= 4 is 0 Å². The fourth-order valence-corrected chi connectivity index (χ4v) is 1.64. The van der Waals surface area contributed by atoms with Gasteiger partial charge in [0.05, 0.1) is 0 Å². The molecule has 0 aliphatic heterocycles. The molecular formula is C14H19N3O. The molecule has 0 amide bonds. The normalized spacial score (nSPS) is 11.1. The van der Waals surface area contributed by atoms with E-state index in [-0.39, 0.29) is 0 Å². The van der Waals surface area contributed by atoms with Crippen molar-refractivity contribution in [3.05, 3.63) is 35.7 Å². The van der Waals surface area contributed by atoms with E-state index in [0.29, 0.717) is 17.8 Å². The average molecular weight is 245 g/mol. The number of hydrogen-bond donors (Lipinski definition) is 1. The van der Waals surface area contributed by atoms with Crippen molar-refractivity contribution in [2.24, 2.45) is 0 Å². The lowest BCUT2D eigenvalue weighted by atomic mass is 10.1. The quantitative estimate of drug-likeness (QED) is 0.879. The van der Waals surface area contributed by atoms with E-state index in [2.05, 4.69) is 36.3 Å². The van der Waals surface area contributed by atoms with Crippen LogP contribution in [0.5, 0.6) is 0 Å². The van der Waals surface area contributed by atoms with Crippen molar-refractivity contribution in [1.82, 2.24) is 15.5 Å². The van der Waals surface area contributed by atoms with Gasteiger partial charge in [0, 0.05) is 24.6 Å². The van der Waals surface area contributed by atoms with Gasteiger partial charge in [-0.3, -0.25) is 0 Å². The van der Waals surface area contributed by atoms with Gasteiger partial charge in [-0.05, 0) is 19.1 Å². The third-order valence-electron chi connectivity index (χ3n) is 2.66. The van der Waals surface area contributed by atoms with Crippen LogP contribution in [-0.4, -0.2) is 22.8 Å². The number of aromatic nitrogens is 2. The molecule has 0 aliphatic carbocycles. The molecule has 18 heavy (non-hydrogen) atoms. The van der Waals surface area contributed by atoms with Gasteiger partial charge >= 0.3 is 0 Å². The Hall–Kier alpha value is -1.68. The van der Waals surface area contributed by atoms with E-state index in [0.717, 1.165) is 18.5 Å². The number of aryl methyl sites for hydroxylation is 1. The van der Waals surface area contributed by atoms with Gasteiger partial charge in [0.1, 0.15) is 0 Å². The Labute approximate surface area is 107 Å². The Bertz CT molecular complexity index is 488. The third kappa shape index (κ3) is 3.40. The van der Waals surface area contributed by atoms with E-state index in [9.17, 15) is 0 Å². The molecule has 0 atom stereocenters. The first kappa shape index (κ1) is 12.8. The molecule has 1 heterocycles. The van der Waals surface area contributed by atoms with Gasteiger partial charge in [-0.2, -0.15) is 0 Å². The SMILES string of the molecule is Cc1ccc(-c2nnc(CCNC(C)C)o2)cc1. The molecule has 2 rings (SSSR count). The number of nitrogens with zero attached hydrogens (tertiary/aromatic N) is 2. The topological polar surface area (TPSA) is 51.0 Å². The number of benzene rings is 1. The van der Waals surface area contributed by atoms with Crippen molar-refractivity contribution in [3.63, 3.8) is 0 Å². The standard InChI is InChI=1S/C14H19N3O/c1-10(2)15-9-8-13-16-17-14(18-13)12-6-4-11(3)5-7-12/h4-7,10,15H,8-9H2,1-3H3. The second-order valence-corrected chi connectivity index (χ2v) is 4.73. The molecule has 0 saturated heterocycles. The second-order valence-electron chi connectivity index (χ2n) is 4.73. The van der Waals surface area contributed by atoms with Crippen LogP contribution < -0.4 is 5.32 Å². The van der Waals surface area contributed by atoms with Crippen LogP contribution in [-0.2, 0) is 6.42 Å². The highest BCUT2D eigenvalue weighted by molar-refractivity contribution is 5.52. The zero-order valence-electron chi connectivity index (χ0n) is 11.1. The van der Waals surface area contributed by atoms with Crippen LogP contribution in [0, 0.1) is 6.92 Å². The molecule has 0 fully saturated rings. The first-order chi connectivity index (χ1) is 8.65. The molecule has 0 aliphatic rings. The highest BCUT2D eigenvalue weighted by Gasteiger charge is 2.08. The summed E-state index contributed by atoms with van der Waals surface area (Å²) in [6, 6.07) is 8.56. The molecule has 96 valence electrons. The summed E-state index contributed by atoms with van der Waals surface area (Å²) in [5, 5.41) is 11.4. The molecule has 2 aromatic rings. The number of nitrogens with one attached hydrogen (secondary N) is 1. The Morgan fingerprint density at radius 1 is 1.17 bits per heavy atom.